The second-order valence-corrected chi connectivity index (χ2v) is 7.00. The summed E-state index contributed by atoms with van der Waals surface area (Å²) in [7, 11) is 3.20. The van der Waals surface area contributed by atoms with E-state index in [1.54, 1.807) is 20.2 Å². The molecule has 0 saturated heterocycles. The molecule has 2 rings (SSSR count). The predicted octanol–water partition coefficient (Wildman–Crippen LogP) is 3.48. The highest BCUT2D eigenvalue weighted by molar-refractivity contribution is 7.80. The molecule has 0 spiro atoms. The van der Waals surface area contributed by atoms with Crippen molar-refractivity contribution in [1.82, 2.24) is 15.2 Å². The van der Waals surface area contributed by atoms with E-state index in [1.807, 2.05) is 24.3 Å². The van der Waals surface area contributed by atoms with Gasteiger partial charge >= 0.3 is 0 Å². The van der Waals surface area contributed by atoms with Crippen LogP contribution < -0.4 is 15.4 Å². The monoisotopic (exact) mass is 414 g/mol. The number of hydrogen-bond acceptors (Lipinski definition) is 5. The van der Waals surface area contributed by atoms with Gasteiger partial charge in [-0.2, -0.15) is 0 Å². The van der Waals surface area contributed by atoms with E-state index >= 15 is 0 Å². The van der Waals surface area contributed by atoms with Gasteiger partial charge in [0.05, 0.1) is 12.2 Å². The lowest BCUT2D eigenvalue weighted by molar-refractivity contribution is 0.0813. The predicted molar refractivity (Wildman–Crippen MR) is 117 cm³/mol. The van der Waals surface area contributed by atoms with Crippen molar-refractivity contribution in [2.75, 3.05) is 26.0 Å². The van der Waals surface area contributed by atoms with E-state index in [4.69, 9.17) is 17.0 Å². The van der Waals surface area contributed by atoms with Gasteiger partial charge in [0.15, 0.2) is 5.11 Å². The van der Waals surface area contributed by atoms with Crippen molar-refractivity contribution in [2.24, 2.45) is 0 Å². The van der Waals surface area contributed by atoms with Crippen LogP contribution in [0.1, 0.15) is 47.0 Å². The highest BCUT2D eigenvalue weighted by Crippen LogP contribution is 2.16. The average Bonchev–Trinajstić information content (AvgIpc) is 2.71. The SMILES string of the molecule is CCCCCOc1ccc(NC(=S)NC(=O)c2cccnc2C(=O)N(C)C)cc1. The number of nitrogens with zero attached hydrogens (tertiary/aromatic N) is 2. The zero-order valence-corrected chi connectivity index (χ0v) is 17.7. The minimum absolute atomic E-state index is 0.0716. The first-order chi connectivity index (χ1) is 13.9. The van der Waals surface area contributed by atoms with Crippen LogP contribution in [0.15, 0.2) is 42.6 Å². The van der Waals surface area contributed by atoms with Gasteiger partial charge in [-0.3, -0.25) is 19.9 Å². The summed E-state index contributed by atoms with van der Waals surface area (Å²) in [6, 6.07) is 10.4. The fourth-order valence-corrected chi connectivity index (χ4v) is 2.69. The molecule has 0 fully saturated rings. The van der Waals surface area contributed by atoms with Gasteiger partial charge in [0.1, 0.15) is 11.4 Å². The summed E-state index contributed by atoms with van der Waals surface area (Å²) in [6.07, 6.45) is 4.79. The molecule has 0 saturated carbocycles. The van der Waals surface area contributed by atoms with Gasteiger partial charge in [0, 0.05) is 26.0 Å². The first kappa shape index (κ1) is 22.3. The molecule has 8 heteroatoms. The summed E-state index contributed by atoms with van der Waals surface area (Å²) in [6.45, 7) is 2.84. The van der Waals surface area contributed by atoms with Crippen molar-refractivity contribution in [1.29, 1.82) is 0 Å². The Morgan fingerprint density at radius 1 is 1.14 bits per heavy atom. The smallest absolute Gasteiger partial charge is 0.272 e. The van der Waals surface area contributed by atoms with Crippen LogP contribution in [0.4, 0.5) is 5.69 Å². The van der Waals surface area contributed by atoms with E-state index in [0.29, 0.717) is 12.3 Å². The number of unbranched alkanes of at least 4 members (excludes halogenated alkanes) is 2. The second-order valence-electron chi connectivity index (χ2n) is 6.59. The Labute approximate surface area is 176 Å². The molecule has 154 valence electrons. The summed E-state index contributed by atoms with van der Waals surface area (Å²) in [5.74, 6) is -0.0790. The van der Waals surface area contributed by atoms with Crippen LogP contribution in [0.25, 0.3) is 0 Å². The molecule has 0 aliphatic rings. The minimum atomic E-state index is -0.503. The Bertz CT molecular complexity index is 853. The van der Waals surface area contributed by atoms with E-state index in [0.717, 1.165) is 25.0 Å². The molecule has 2 aromatic rings. The fourth-order valence-electron chi connectivity index (χ4n) is 2.48. The van der Waals surface area contributed by atoms with E-state index < -0.39 is 5.91 Å². The second kappa shape index (κ2) is 11.1. The standard InChI is InChI=1S/C21H26N4O3S/c1-4-5-6-14-28-16-11-9-15(10-12-16)23-21(29)24-19(26)17-8-7-13-22-18(17)20(27)25(2)3/h7-13H,4-6,14H2,1-3H3,(H2,23,24,26,29). The Balaban J connectivity index is 1.94. The van der Waals surface area contributed by atoms with Crippen molar-refractivity contribution in [3.63, 3.8) is 0 Å². The number of nitrogens with one attached hydrogen (secondary N) is 2. The third kappa shape index (κ3) is 6.83. The molecule has 2 N–H and O–H groups in total. The van der Waals surface area contributed by atoms with Crippen LogP contribution in [0.5, 0.6) is 5.75 Å². The normalized spacial score (nSPS) is 10.2. The van der Waals surface area contributed by atoms with Crippen molar-refractivity contribution in [2.45, 2.75) is 26.2 Å². The van der Waals surface area contributed by atoms with E-state index in [1.165, 1.54) is 17.2 Å². The lowest BCUT2D eigenvalue weighted by Gasteiger charge is -2.14. The third-order valence-corrected chi connectivity index (χ3v) is 4.22. The summed E-state index contributed by atoms with van der Waals surface area (Å²) in [5.41, 5.74) is 0.945. The maximum Gasteiger partial charge on any atom is 0.272 e. The third-order valence-electron chi connectivity index (χ3n) is 4.02. The van der Waals surface area contributed by atoms with Crippen LogP contribution in [0, 0.1) is 0 Å². The van der Waals surface area contributed by atoms with Crippen LogP contribution >= 0.6 is 12.2 Å². The zero-order chi connectivity index (χ0) is 21.2. The molecule has 2 amide bonds. The van der Waals surface area contributed by atoms with Gasteiger partial charge in [-0.1, -0.05) is 19.8 Å². The first-order valence-corrected chi connectivity index (χ1v) is 9.85. The number of anilines is 1. The minimum Gasteiger partial charge on any atom is -0.494 e. The molecule has 29 heavy (non-hydrogen) atoms. The average molecular weight is 415 g/mol. The number of hydrogen-bond donors (Lipinski definition) is 2. The van der Waals surface area contributed by atoms with Gasteiger partial charge in [0.2, 0.25) is 0 Å². The molecule has 7 nitrogen and oxygen atoms in total. The van der Waals surface area contributed by atoms with E-state index in [-0.39, 0.29) is 22.3 Å². The largest absolute Gasteiger partial charge is 0.494 e. The highest BCUT2D eigenvalue weighted by Gasteiger charge is 2.20. The molecular formula is C21H26N4O3S. The molecule has 0 radical (unpaired) electrons. The molecule has 0 aliphatic heterocycles. The molecule has 0 atom stereocenters. The topological polar surface area (TPSA) is 83.6 Å². The Morgan fingerprint density at radius 3 is 2.52 bits per heavy atom. The van der Waals surface area contributed by atoms with E-state index in [2.05, 4.69) is 22.5 Å². The van der Waals surface area contributed by atoms with Crippen molar-refractivity contribution in [3.8, 4) is 5.75 Å². The number of rotatable bonds is 8. The Hall–Kier alpha value is -3.00. The number of ether oxygens (including phenoxy) is 1. The molecule has 0 bridgehead atoms. The van der Waals surface area contributed by atoms with Crippen LogP contribution in [-0.2, 0) is 0 Å². The fraction of sp³-hybridized carbons (Fsp3) is 0.333. The lowest BCUT2D eigenvalue weighted by Crippen LogP contribution is -2.36. The Morgan fingerprint density at radius 2 is 1.86 bits per heavy atom. The number of carbonyl (C=O) groups excluding carboxylic acids is 2. The number of benzene rings is 1. The summed E-state index contributed by atoms with van der Waals surface area (Å²) in [4.78, 5) is 30.2. The maximum absolute atomic E-state index is 12.5. The van der Waals surface area contributed by atoms with Gasteiger partial charge in [-0.25, -0.2) is 0 Å². The van der Waals surface area contributed by atoms with E-state index in [9.17, 15) is 9.59 Å². The zero-order valence-electron chi connectivity index (χ0n) is 16.9. The number of aromatic nitrogens is 1. The van der Waals surface area contributed by atoms with Crippen LogP contribution in [0.3, 0.4) is 0 Å². The number of thiocarbonyl (C=S) groups is 1. The lowest BCUT2D eigenvalue weighted by atomic mass is 10.1. The molecule has 0 aliphatic carbocycles. The molecular weight excluding hydrogens is 388 g/mol. The van der Waals surface area contributed by atoms with Crippen LogP contribution in [-0.4, -0.2) is 47.5 Å². The first-order valence-electron chi connectivity index (χ1n) is 9.44. The van der Waals surface area contributed by atoms with Crippen molar-refractivity contribution < 1.29 is 14.3 Å². The van der Waals surface area contributed by atoms with Gasteiger partial charge in [-0.05, 0) is 55.0 Å². The number of amides is 2. The summed E-state index contributed by atoms with van der Waals surface area (Å²) < 4.78 is 5.67. The number of pyridine rings is 1. The van der Waals surface area contributed by atoms with Crippen LogP contribution in [0.2, 0.25) is 0 Å². The molecule has 1 heterocycles. The molecule has 1 aromatic heterocycles. The van der Waals surface area contributed by atoms with Gasteiger partial charge in [0.25, 0.3) is 11.8 Å². The molecule has 1 aromatic carbocycles. The quantitative estimate of drug-likeness (QED) is 0.508. The van der Waals surface area contributed by atoms with Crippen molar-refractivity contribution in [3.05, 3.63) is 53.9 Å². The summed E-state index contributed by atoms with van der Waals surface area (Å²) >= 11 is 5.21. The highest BCUT2D eigenvalue weighted by atomic mass is 32.1. The number of carbonyl (C=O) groups is 2. The van der Waals surface area contributed by atoms with Crippen molar-refractivity contribution >= 4 is 34.8 Å². The Kier molecular flexibility index (Phi) is 8.54. The molecule has 0 unspecified atom stereocenters. The maximum atomic E-state index is 12.5. The summed E-state index contributed by atoms with van der Waals surface area (Å²) in [5, 5.41) is 5.65. The van der Waals surface area contributed by atoms with Gasteiger partial charge < -0.3 is 15.0 Å². The van der Waals surface area contributed by atoms with Gasteiger partial charge in [-0.15, -0.1) is 0 Å².